The summed E-state index contributed by atoms with van der Waals surface area (Å²) >= 11 is 0. The van der Waals surface area contributed by atoms with Gasteiger partial charge < -0.3 is 18.1 Å². The maximum atomic E-state index is 10.3. The Labute approximate surface area is 564 Å². The number of hydrogen-bond donors (Lipinski definition) is 0. The monoisotopic (exact) mass is 1250 g/mol. The van der Waals surface area contributed by atoms with E-state index in [4.69, 9.17) is 19.2 Å². The molecule has 7 nitrogen and oxygen atoms in total. The Kier molecular flexibility index (Phi) is 13.9. The molecule has 0 aliphatic rings. The lowest BCUT2D eigenvalue weighted by Gasteiger charge is -2.24. The normalized spacial score (nSPS) is 13.1. The zero-order valence-corrected chi connectivity index (χ0v) is 59.1. The molecular formula is C89H86N6O. The zero-order valence-electron chi connectivity index (χ0n) is 59.1. The van der Waals surface area contributed by atoms with Gasteiger partial charge in [0.05, 0.1) is 73.5 Å². The van der Waals surface area contributed by atoms with Crippen LogP contribution in [-0.2, 0) is 32.5 Å². The molecule has 0 aliphatic heterocycles. The van der Waals surface area contributed by atoms with Gasteiger partial charge in [-0.15, -0.1) is 0 Å². The molecule has 96 heavy (non-hydrogen) atoms. The molecular weight excluding hydrogens is 1170 g/mol. The van der Waals surface area contributed by atoms with Crippen LogP contribution < -0.4 is 0 Å². The highest BCUT2D eigenvalue weighted by Gasteiger charge is 2.36. The maximum Gasteiger partial charge on any atom is 0.239 e. The van der Waals surface area contributed by atoms with Crippen LogP contribution in [0.3, 0.4) is 0 Å². The number of furan rings is 1. The number of nitrogens with zero attached hydrogens (tertiary/aromatic N) is 6. The van der Waals surface area contributed by atoms with Crippen molar-refractivity contribution in [1.82, 2.24) is 23.7 Å². The van der Waals surface area contributed by atoms with E-state index in [2.05, 4.69) is 308 Å². The molecule has 0 spiro atoms. The first-order valence-corrected chi connectivity index (χ1v) is 34.1. The van der Waals surface area contributed by atoms with Crippen molar-refractivity contribution < 1.29 is 4.42 Å². The van der Waals surface area contributed by atoms with Crippen molar-refractivity contribution in [2.45, 2.75) is 157 Å². The van der Waals surface area contributed by atoms with Crippen LogP contribution in [0.4, 0.5) is 5.69 Å². The minimum Gasteiger partial charge on any atom is -0.454 e. The van der Waals surface area contributed by atoms with Crippen molar-refractivity contribution in [2.75, 3.05) is 0 Å². The number of aromatic nitrogens is 5. The standard InChI is InChI=1S/C89H86N6O/c1-84(2,3)54-33-39-70-62(45-54)63-46-55(85(4,5)6)34-40-71(63)93(70)78-76-61-32-26-31-60(69-51-68(52-27-22-20-23-28-52)91-83(92-69)53-29-24-21-25-30-53)81(61)96-82(76)80(95-74-43-37-58(88(13,14)15)49-66(74)67-50-59(89(16,17)18)38-44-75(67)95)77(90-19)79(78)94-72-41-35-56(86(7,8)9)47-64(72)65-48-57(87(10,11)12)36-42-73(65)94/h20-51H,1-18H3. The summed E-state index contributed by atoms with van der Waals surface area (Å²) in [4.78, 5) is 15.9. The first-order valence-electron chi connectivity index (χ1n) is 34.1. The second kappa shape index (κ2) is 21.5. The molecule has 0 N–H and O–H groups in total. The quantitative estimate of drug-likeness (QED) is 0.156. The van der Waals surface area contributed by atoms with Crippen LogP contribution in [0.2, 0.25) is 0 Å². The van der Waals surface area contributed by atoms with E-state index in [0.717, 1.165) is 116 Å². The molecule has 478 valence electrons. The molecule has 5 aromatic heterocycles. The molecule has 15 aromatic rings. The van der Waals surface area contributed by atoms with E-state index in [1.165, 1.54) is 33.4 Å². The van der Waals surface area contributed by atoms with Crippen LogP contribution in [0, 0.1) is 6.57 Å². The Hall–Kier alpha value is -10.0. The molecule has 5 heterocycles. The van der Waals surface area contributed by atoms with Gasteiger partial charge >= 0.3 is 0 Å². The van der Waals surface area contributed by atoms with Gasteiger partial charge in [0.25, 0.3) is 0 Å². The SMILES string of the molecule is [C-]#[N+]c1c(-n2c3ccc(C(C)(C)C)cc3c3cc(C(C)(C)C)ccc32)c(-n2c3ccc(C(C)(C)C)cc3c3cc(C(C)(C)C)ccc32)c2c(oc3c(-c4cc(-c5ccccc5)nc(-c5ccccc5)n4)cccc32)c1-n1c2ccc(C(C)(C)C)cc2c2cc(C(C)(C)C)ccc21. The predicted molar refractivity (Wildman–Crippen MR) is 407 cm³/mol. The summed E-state index contributed by atoms with van der Waals surface area (Å²) in [6.45, 7) is 51.6. The van der Waals surface area contributed by atoms with Crippen molar-refractivity contribution >= 4 is 93.0 Å². The van der Waals surface area contributed by atoms with Gasteiger partial charge in [-0.2, -0.15) is 0 Å². The molecule has 0 bridgehead atoms. The number of benzene rings is 10. The Bertz CT molecular complexity index is 5480. The molecule has 7 heteroatoms. The van der Waals surface area contributed by atoms with Gasteiger partial charge in [-0.05, 0) is 151 Å². The van der Waals surface area contributed by atoms with E-state index in [-0.39, 0.29) is 32.5 Å². The minimum absolute atomic E-state index is 0.148. The minimum atomic E-state index is -0.152. The molecule has 0 saturated carbocycles. The lowest BCUT2D eigenvalue weighted by Crippen LogP contribution is -2.11. The van der Waals surface area contributed by atoms with Gasteiger partial charge in [-0.1, -0.05) is 234 Å². The average Bonchev–Trinajstić information content (AvgIpc) is 1.46. The second-order valence-corrected chi connectivity index (χ2v) is 33.1. The van der Waals surface area contributed by atoms with Crippen LogP contribution in [0.5, 0.6) is 0 Å². The van der Waals surface area contributed by atoms with E-state index in [9.17, 15) is 6.57 Å². The highest BCUT2D eigenvalue weighted by Crippen LogP contribution is 2.55. The fraction of sp³-hybridized carbons (Fsp3) is 0.270. The number of para-hydroxylation sites is 1. The molecule has 0 aliphatic carbocycles. The third kappa shape index (κ3) is 10.0. The number of fused-ring (bicyclic) bond motifs is 12. The van der Waals surface area contributed by atoms with Crippen LogP contribution in [0.25, 0.3) is 143 Å². The first kappa shape index (κ1) is 62.1. The van der Waals surface area contributed by atoms with Crippen LogP contribution in [0.1, 0.15) is 158 Å². The molecule has 15 rings (SSSR count). The highest BCUT2D eigenvalue weighted by molar-refractivity contribution is 6.24. The van der Waals surface area contributed by atoms with Crippen LogP contribution in [-0.4, -0.2) is 23.7 Å². The molecule has 0 unspecified atom stereocenters. The summed E-state index contributed by atoms with van der Waals surface area (Å²) < 4.78 is 15.4. The summed E-state index contributed by atoms with van der Waals surface area (Å²) in [6, 6.07) is 71.5. The number of rotatable bonds is 6. The summed E-state index contributed by atoms with van der Waals surface area (Å²) in [5, 5.41) is 8.55. The largest absolute Gasteiger partial charge is 0.454 e. The summed E-state index contributed by atoms with van der Waals surface area (Å²) in [5.41, 5.74) is 20.8. The van der Waals surface area contributed by atoms with Crippen molar-refractivity contribution in [3.8, 4) is 51.0 Å². The topological polar surface area (TPSA) is 58.1 Å². The molecule has 0 amide bonds. The summed E-state index contributed by atoms with van der Waals surface area (Å²) in [5.74, 6) is 0.610. The third-order valence-corrected chi connectivity index (χ3v) is 20.2. The lowest BCUT2D eigenvalue weighted by molar-refractivity contribution is 0.590. The predicted octanol–water partition coefficient (Wildman–Crippen LogP) is 25.0. The average molecular weight is 1260 g/mol. The smallest absolute Gasteiger partial charge is 0.239 e. The molecule has 0 radical (unpaired) electrons. The van der Waals surface area contributed by atoms with Crippen molar-refractivity contribution in [1.29, 1.82) is 0 Å². The molecule has 0 saturated heterocycles. The third-order valence-electron chi connectivity index (χ3n) is 20.2. The Morgan fingerprint density at radius 1 is 0.312 bits per heavy atom. The van der Waals surface area contributed by atoms with Crippen LogP contribution in [0.15, 0.2) is 199 Å². The van der Waals surface area contributed by atoms with Crippen molar-refractivity contribution in [2.24, 2.45) is 0 Å². The molecule has 0 atom stereocenters. The fourth-order valence-electron chi connectivity index (χ4n) is 14.6. The van der Waals surface area contributed by atoms with Gasteiger partial charge in [-0.25, -0.2) is 14.8 Å². The van der Waals surface area contributed by atoms with Gasteiger partial charge in [0.2, 0.25) is 5.69 Å². The summed E-state index contributed by atoms with van der Waals surface area (Å²) in [7, 11) is 0. The lowest BCUT2D eigenvalue weighted by atomic mass is 9.85. The van der Waals surface area contributed by atoms with Crippen LogP contribution >= 0.6 is 0 Å². The van der Waals surface area contributed by atoms with Gasteiger partial charge in [-0.3, -0.25) is 0 Å². The first-order chi connectivity index (χ1) is 45.4. The highest BCUT2D eigenvalue weighted by atomic mass is 16.3. The molecule has 10 aromatic carbocycles. The Morgan fingerprint density at radius 2 is 0.646 bits per heavy atom. The Morgan fingerprint density at radius 3 is 1.00 bits per heavy atom. The van der Waals surface area contributed by atoms with E-state index in [1.807, 2.05) is 24.3 Å². The van der Waals surface area contributed by atoms with Gasteiger partial charge in [0.1, 0.15) is 5.58 Å². The van der Waals surface area contributed by atoms with E-state index >= 15 is 0 Å². The molecule has 0 fully saturated rings. The zero-order chi connectivity index (χ0) is 67.7. The number of hydrogen-bond acceptors (Lipinski definition) is 3. The summed E-state index contributed by atoms with van der Waals surface area (Å²) in [6.07, 6.45) is 0. The van der Waals surface area contributed by atoms with Gasteiger partial charge in [0, 0.05) is 54.4 Å². The van der Waals surface area contributed by atoms with Crippen molar-refractivity contribution in [3.63, 3.8) is 0 Å². The second-order valence-electron chi connectivity index (χ2n) is 33.1. The van der Waals surface area contributed by atoms with E-state index < -0.39 is 0 Å². The van der Waals surface area contributed by atoms with E-state index in [0.29, 0.717) is 28.4 Å². The van der Waals surface area contributed by atoms with Gasteiger partial charge in [0.15, 0.2) is 11.4 Å². The maximum absolute atomic E-state index is 10.3. The van der Waals surface area contributed by atoms with Crippen molar-refractivity contribution in [3.05, 3.63) is 239 Å². The Balaban J connectivity index is 1.23. The fourth-order valence-corrected chi connectivity index (χ4v) is 14.6. The van der Waals surface area contributed by atoms with E-state index in [1.54, 1.807) is 0 Å².